The largest absolute Gasteiger partial charge is 0.391 e. The number of aliphatic hydroxyl groups is 2. The minimum atomic E-state index is -1.20. The van der Waals surface area contributed by atoms with Crippen molar-refractivity contribution in [2.24, 2.45) is 11.5 Å². The Labute approximate surface area is 175 Å². The second-order valence-corrected chi connectivity index (χ2v) is 8.27. The van der Waals surface area contributed by atoms with Gasteiger partial charge >= 0.3 is 0 Å². The summed E-state index contributed by atoms with van der Waals surface area (Å²) in [5.74, 6) is -1.63. The summed E-state index contributed by atoms with van der Waals surface area (Å²) in [7, 11) is 0. The third-order valence-electron chi connectivity index (χ3n) is 6.06. The summed E-state index contributed by atoms with van der Waals surface area (Å²) in [5.41, 5.74) is 9.87. The van der Waals surface area contributed by atoms with Crippen LogP contribution in [-0.4, -0.2) is 99.5 Å². The van der Waals surface area contributed by atoms with Gasteiger partial charge < -0.3 is 41.6 Å². The molecule has 2 aliphatic heterocycles. The van der Waals surface area contributed by atoms with E-state index in [1.165, 1.54) is 23.6 Å². The van der Waals surface area contributed by atoms with Crippen LogP contribution in [0.15, 0.2) is 0 Å². The molecule has 2 rings (SSSR count). The van der Waals surface area contributed by atoms with Gasteiger partial charge in [-0.25, -0.2) is 0 Å². The van der Waals surface area contributed by atoms with Crippen LogP contribution in [0.2, 0.25) is 0 Å². The number of carbonyl (C=O) groups is 4. The third-order valence-corrected chi connectivity index (χ3v) is 6.06. The van der Waals surface area contributed by atoms with E-state index in [2.05, 4.69) is 5.32 Å². The van der Waals surface area contributed by atoms with Gasteiger partial charge in [0.15, 0.2) is 0 Å². The highest BCUT2D eigenvalue weighted by atomic mass is 16.3. The standard InChI is InChI=1S/C19H33N5O6/c1-11(26)14(20)18(30)23-7-3-5-13(23)17(29)24-8-4-6-19(24,10-25)9-22-15(12(2)27)16(21)28/h10-15,22,26-27H,3-9,20H2,1-2H3,(H2,21,28). The van der Waals surface area contributed by atoms with Gasteiger partial charge in [-0.05, 0) is 39.5 Å². The number of amides is 3. The molecule has 11 heteroatoms. The molecule has 2 saturated heterocycles. The summed E-state index contributed by atoms with van der Waals surface area (Å²) < 4.78 is 0. The summed E-state index contributed by atoms with van der Waals surface area (Å²) in [6.45, 7) is 3.45. The fourth-order valence-electron chi connectivity index (χ4n) is 4.24. The number of hydrogen-bond acceptors (Lipinski definition) is 8. The SMILES string of the molecule is CC(O)C(N)C(=O)N1CCCC1C(=O)N1CCCC1(C=O)CNC(C(N)=O)C(C)O. The van der Waals surface area contributed by atoms with Crippen LogP contribution < -0.4 is 16.8 Å². The van der Waals surface area contributed by atoms with Crippen LogP contribution in [0.4, 0.5) is 0 Å². The normalized spacial score (nSPS) is 28.1. The first-order chi connectivity index (χ1) is 14.1. The van der Waals surface area contributed by atoms with Gasteiger partial charge in [-0.2, -0.15) is 0 Å². The Bertz CT molecular complexity index is 672. The number of likely N-dealkylation sites (tertiary alicyclic amines) is 2. The second kappa shape index (κ2) is 9.82. The summed E-state index contributed by atoms with van der Waals surface area (Å²) in [5, 5.41) is 22.2. The summed E-state index contributed by atoms with van der Waals surface area (Å²) in [6.07, 6.45) is 0.568. The molecule has 170 valence electrons. The fraction of sp³-hybridized carbons (Fsp3) is 0.789. The Balaban J connectivity index is 2.19. The van der Waals surface area contributed by atoms with E-state index in [0.29, 0.717) is 45.1 Å². The third kappa shape index (κ3) is 4.80. The smallest absolute Gasteiger partial charge is 0.246 e. The molecule has 11 nitrogen and oxygen atoms in total. The van der Waals surface area contributed by atoms with Crippen molar-refractivity contribution in [2.75, 3.05) is 19.6 Å². The van der Waals surface area contributed by atoms with Gasteiger partial charge in [0.2, 0.25) is 17.7 Å². The number of rotatable bonds is 9. The van der Waals surface area contributed by atoms with Crippen molar-refractivity contribution < 1.29 is 29.4 Å². The summed E-state index contributed by atoms with van der Waals surface area (Å²) >= 11 is 0. The molecule has 0 aliphatic carbocycles. The first-order valence-electron chi connectivity index (χ1n) is 10.3. The summed E-state index contributed by atoms with van der Waals surface area (Å²) in [4.78, 5) is 52.4. The minimum absolute atomic E-state index is 0.0470. The van der Waals surface area contributed by atoms with E-state index in [1.807, 2.05) is 0 Å². The Hall–Kier alpha value is -2.08. The van der Waals surface area contributed by atoms with E-state index in [-0.39, 0.29) is 12.5 Å². The van der Waals surface area contributed by atoms with Crippen molar-refractivity contribution in [3.8, 4) is 0 Å². The molecule has 2 fully saturated rings. The van der Waals surface area contributed by atoms with Crippen LogP contribution in [0.5, 0.6) is 0 Å². The van der Waals surface area contributed by atoms with Gasteiger partial charge in [-0.1, -0.05) is 0 Å². The zero-order valence-corrected chi connectivity index (χ0v) is 17.5. The lowest BCUT2D eigenvalue weighted by molar-refractivity contribution is -0.149. The lowest BCUT2D eigenvalue weighted by atomic mass is 9.96. The topological polar surface area (TPSA) is 179 Å². The second-order valence-electron chi connectivity index (χ2n) is 8.27. The molecule has 2 heterocycles. The van der Waals surface area contributed by atoms with Gasteiger partial charge in [0, 0.05) is 19.6 Å². The zero-order chi connectivity index (χ0) is 22.6. The highest BCUT2D eigenvalue weighted by Gasteiger charge is 2.48. The van der Waals surface area contributed by atoms with Crippen LogP contribution in [0.1, 0.15) is 39.5 Å². The maximum Gasteiger partial charge on any atom is 0.246 e. The average molecular weight is 428 g/mol. The van der Waals surface area contributed by atoms with Gasteiger partial charge in [-0.15, -0.1) is 0 Å². The Morgan fingerprint density at radius 2 is 1.87 bits per heavy atom. The van der Waals surface area contributed by atoms with Crippen LogP contribution in [0.25, 0.3) is 0 Å². The van der Waals surface area contributed by atoms with Gasteiger partial charge in [0.25, 0.3) is 0 Å². The van der Waals surface area contributed by atoms with Crippen LogP contribution in [0.3, 0.4) is 0 Å². The first-order valence-corrected chi connectivity index (χ1v) is 10.3. The molecule has 0 radical (unpaired) electrons. The van der Waals surface area contributed by atoms with Crippen molar-refractivity contribution in [1.29, 1.82) is 0 Å². The number of carbonyl (C=O) groups excluding carboxylic acids is 4. The maximum atomic E-state index is 13.3. The molecule has 3 amide bonds. The Morgan fingerprint density at radius 1 is 1.20 bits per heavy atom. The van der Waals surface area contributed by atoms with Crippen molar-refractivity contribution in [1.82, 2.24) is 15.1 Å². The van der Waals surface area contributed by atoms with E-state index in [1.54, 1.807) is 0 Å². The molecule has 0 aromatic rings. The molecule has 0 bridgehead atoms. The molecular weight excluding hydrogens is 394 g/mol. The highest BCUT2D eigenvalue weighted by Crippen LogP contribution is 2.31. The lowest BCUT2D eigenvalue weighted by Crippen LogP contribution is -2.62. The van der Waals surface area contributed by atoms with Crippen molar-refractivity contribution >= 4 is 24.0 Å². The molecule has 0 saturated carbocycles. The number of aliphatic hydroxyl groups excluding tert-OH is 2. The fourth-order valence-corrected chi connectivity index (χ4v) is 4.24. The van der Waals surface area contributed by atoms with E-state index < -0.39 is 47.7 Å². The number of nitrogens with one attached hydrogen (secondary N) is 1. The van der Waals surface area contributed by atoms with E-state index in [9.17, 15) is 29.4 Å². The number of hydrogen-bond donors (Lipinski definition) is 5. The number of primary amides is 1. The number of aldehydes is 1. The van der Waals surface area contributed by atoms with Crippen LogP contribution in [-0.2, 0) is 19.2 Å². The predicted molar refractivity (Wildman–Crippen MR) is 107 cm³/mol. The van der Waals surface area contributed by atoms with Crippen LogP contribution >= 0.6 is 0 Å². The number of nitrogens with zero attached hydrogens (tertiary/aromatic N) is 2. The van der Waals surface area contributed by atoms with Crippen molar-refractivity contribution in [3.63, 3.8) is 0 Å². The molecule has 7 N–H and O–H groups in total. The quantitative estimate of drug-likeness (QED) is 0.243. The molecule has 6 unspecified atom stereocenters. The average Bonchev–Trinajstić information content (AvgIpc) is 3.33. The molecular formula is C19H33N5O6. The van der Waals surface area contributed by atoms with E-state index in [4.69, 9.17) is 11.5 Å². The van der Waals surface area contributed by atoms with E-state index >= 15 is 0 Å². The molecule has 30 heavy (non-hydrogen) atoms. The maximum absolute atomic E-state index is 13.3. The predicted octanol–water partition coefficient (Wildman–Crippen LogP) is -2.93. The van der Waals surface area contributed by atoms with Crippen LogP contribution in [0, 0.1) is 0 Å². The molecule has 2 aliphatic rings. The van der Waals surface area contributed by atoms with Crippen molar-refractivity contribution in [3.05, 3.63) is 0 Å². The molecule has 0 spiro atoms. The number of nitrogens with two attached hydrogens (primary N) is 2. The van der Waals surface area contributed by atoms with Gasteiger partial charge in [0.05, 0.1) is 12.2 Å². The molecule has 6 atom stereocenters. The summed E-state index contributed by atoms with van der Waals surface area (Å²) in [6, 6.07) is -2.95. The first kappa shape index (κ1) is 24.2. The zero-order valence-electron chi connectivity index (χ0n) is 17.5. The van der Waals surface area contributed by atoms with Gasteiger partial charge in [0.1, 0.15) is 30.0 Å². The highest BCUT2D eigenvalue weighted by molar-refractivity contribution is 5.92. The Kier molecular flexibility index (Phi) is 7.92. The lowest BCUT2D eigenvalue weighted by Gasteiger charge is -2.38. The van der Waals surface area contributed by atoms with E-state index in [0.717, 1.165) is 0 Å². The van der Waals surface area contributed by atoms with Gasteiger partial charge in [-0.3, -0.25) is 14.4 Å². The van der Waals surface area contributed by atoms with Crippen molar-refractivity contribution in [2.45, 2.75) is 75.4 Å². The molecule has 0 aromatic heterocycles. The monoisotopic (exact) mass is 427 g/mol. The molecule has 0 aromatic carbocycles. The Morgan fingerprint density at radius 3 is 2.40 bits per heavy atom. The minimum Gasteiger partial charge on any atom is -0.391 e.